The van der Waals surface area contributed by atoms with Crippen molar-refractivity contribution in [1.82, 2.24) is 0 Å². The van der Waals surface area contributed by atoms with Crippen molar-refractivity contribution in [2.45, 2.75) is 63.2 Å². The van der Waals surface area contributed by atoms with Crippen LogP contribution in [0.2, 0.25) is 0 Å². The number of allylic oxidation sites excluding steroid dienone is 1. The van der Waals surface area contributed by atoms with Crippen LogP contribution in [0.15, 0.2) is 12.7 Å². The second-order valence-corrected chi connectivity index (χ2v) is 7.43. The Balaban J connectivity index is 3.91. The third kappa shape index (κ3) is 6.92. The third-order valence-corrected chi connectivity index (χ3v) is 5.20. The van der Waals surface area contributed by atoms with E-state index < -0.39 is 25.4 Å². The van der Waals surface area contributed by atoms with E-state index in [1.54, 1.807) is 0 Å². The quantitative estimate of drug-likeness (QED) is 0.227. The van der Waals surface area contributed by atoms with Crippen molar-refractivity contribution in [1.29, 1.82) is 0 Å². The summed E-state index contributed by atoms with van der Waals surface area (Å²) in [6.45, 7) is 3.59. The lowest BCUT2D eigenvalue weighted by molar-refractivity contribution is -0.245. The number of hydrogen-bond acceptors (Lipinski definition) is 1. The summed E-state index contributed by atoms with van der Waals surface area (Å²) in [6, 6.07) is 0. The summed E-state index contributed by atoms with van der Waals surface area (Å²) in [5.74, 6) is 0. The van der Waals surface area contributed by atoms with Gasteiger partial charge in [0, 0.05) is 6.16 Å². The van der Waals surface area contributed by atoms with E-state index in [1.165, 1.54) is 0 Å². The molecule has 126 valence electrons. The minimum Gasteiger partial charge on any atom is -0.340 e. The van der Waals surface area contributed by atoms with Gasteiger partial charge in [-0.2, -0.15) is 22.0 Å². The van der Waals surface area contributed by atoms with Crippen LogP contribution >= 0.6 is 7.37 Å². The Hall–Kier alpha value is -0.420. The molecule has 0 bridgehead atoms. The minimum atomic E-state index is -5.98. The van der Waals surface area contributed by atoms with E-state index in [1.807, 2.05) is 6.08 Å². The van der Waals surface area contributed by atoms with E-state index in [0.29, 0.717) is 12.8 Å². The van der Waals surface area contributed by atoms with Crippen molar-refractivity contribution in [3.8, 4) is 0 Å². The monoisotopic (exact) mass is 336 g/mol. The van der Waals surface area contributed by atoms with Crippen molar-refractivity contribution in [2.24, 2.45) is 0 Å². The molecule has 0 fully saturated rings. The molecule has 1 unspecified atom stereocenters. The summed E-state index contributed by atoms with van der Waals surface area (Å²) in [4.78, 5) is 8.95. The van der Waals surface area contributed by atoms with Crippen LogP contribution in [0, 0.1) is 0 Å². The Morgan fingerprint density at radius 1 is 0.905 bits per heavy atom. The number of hydrogen-bond donors (Lipinski definition) is 1. The zero-order valence-electron chi connectivity index (χ0n) is 11.8. The predicted molar refractivity (Wildman–Crippen MR) is 72.8 cm³/mol. The SMILES string of the molecule is C=CCCCCCCCCCP(=O)(O)C(F)(F)C(F)(F)F. The second-order valence-electron chi connectivity index (χ2n) is 5.02. The molecule has 1 atom stereocenters. The molecule has 0 aromatic carbocycles. The molecule has 0 amide bonds. The van der Waals surface area contributed by atoms with Gasteiger partial charge in [-0.3, -0.25) is 4.57 Å². The van der Waals surface area contributed by atoms with Crippen molar-refractivity contribution in [3.63, 3.8) is 0 Å². The Bertz CT molecular complexity index is 355. The Kier molecular flexibility index (Phi) is 8.71. The fourth-order valence-corrected chi connectivity index (χ4v) is 3.17. The maximum atomic E-state index is 12.8. The molecule has 0 aliphatic rings. The van der Waals surface area contributed by atoms with Gasteiger partial charge in [-0.05, 0) is 19.3 Å². The van der Waals surface area contributed by atoms with Crippen molar-refractivity contribution in [3.05, 3.63) is 12.7 Å². The van der Waals surface area contributed by atoms with Crippen molar-refractivity contribution >= 4 is 7.37 Å². The van der Waals surface area contributed by atoms with E-state index in [0.717, 1.165) is 32.1 Å². The molecule has 21 heavy (non-hydrogen) atoms. The molecule has 0 aromatic heterocycles. The highest BCUT2D eigenvalue weighted by Gasteiger charge is 2.68. The molecule has 0 spiro atoms. The standard InChI is InChI=1S/C13H22F5O2P/c1-2-3-4-5-6-7-8-9-10-11-21(19,20)13(17,18)12(14,15)16/h2H,1,3-11H2,(H,19,20). The largest absolute Gasteiger partial charge is 0.463 e. The first kappa shape index (κ1) is 20.6. The fourth-order valence-electron chi connectivity index (χ4n) is 1.84. The predicted octanol–water partition coefficient (Wildman–Crippen LogP) is 5.72. The first-order valence-electron chi connectivity index (χ1n) is 6.93. The molecular weight excluding hydrogens is 314 g/mol. The highest BCUT2D eigenvalue weighted by Crippen LogP contribution is 2.63. The average Bonchev–Trinajstić information content (AvgIpc) is 2.35. The molecule has 0 saturated heterocycles. The maximum absolute atomic E-state index is 12.8. The van der Waals surface area contributed by atoms with Gasteiger partial charge in [0.05, 0.1) is 0 Å². The smallest absolute Gasteiger partial charge is 0.340 e. The highest BCUT2D eigenvalue weighted by atomic mass is 31.2. The zero-order valence-corrected chi connectivity index (χ0v) is 12.7. The van der Waals surface area contributed by atoms with Crippen LogP contribution < -0.4 is 0 Å². The van der Waals surface area contributed by atoms with Crippen molar-refractivity contribution in [2.75, 3.05) is 6.16 Å². The molecule has 0 aliphatic heterocycles. The number of halogens is 5. The normalized spacial score (nSPS) is 15.7. The van der Waals surface area contributed by atoms with Gasteiger partial charge >= 0.3 is 11.8 Å². The minimum absolute atomic E-state index is 0.105. The van der Waals surface area contributed by atoms with E-state index in [9.17, 15) is 26.5 Å². The molecule has 0 heterocycles. The molecule has 0 rings (SSSR count). The van der Waals surface area contributed by atoms with Crippen LogP contribution in [-0.4, -0.2) is 22.9 Å². The Morgan fingerprint density at radius 2 is 1.33 bits per heavy atom. The van der Waals surface area contributed by atoms with E-state index in [-0.39, 0.29) is 6.42 Å². The molecule has 0 aliphatic carbocycles. The topological polar surface area (TPSA) is 37.3 Å². The summed E-state index contributed by atoms with van der Waals surface area (Å²) in [7, 11) is -5.56. The number of rotatable bonds is 11. The first-order valence-corrected chi connectivity index (χ1v) is 8.78. The summed E-state index contributed by atoms with van der Waals surface area (Å²) in [6.07, 6.45) is 0.506. The maximum Gasteiger partial charge on any atom is 0.463 e. The Labute approximate surface area is 121 Å². The highest BCUT2D eigenvalue weighted by molar-refractivity contribution is 7.59. The van der Waals surface area contributed by atoms with Gasteiger partial charge < -0.3 is 4.89 Å². The van der Waals surface area contributed by atoms with Gasteiger partial charge in [0.1, 0.15) is 0 Å². The molecule has 0 saturated carbocycles. The summed E-state index contributed by atoms with van der Waals surface area (Å²) in [5, 5.41) is 0. The van der Waals surface area contributed by atoms with E-state index in [4.69, 9.17) is 4.89 Å². The van der Waals surface area contributed by atoms with Crippen LogP contribution in [0.1, 0.15) is 51.4 Å². The van der Waals surface area contributed by atoms with Gasteiger partial charge in [-0.15, -0.1) is 6.58 Å². The average molecular weight is 336 g/mol. The van der Waals surface area contributed by atoms with Crippen LogP contribution in [0.3, 0.4) is 0 Å². The summed E-state index contributed by atoms with van der Waals surface area (Å²) >= 11 is 0. The van der Waals surface area contributed by atoms with Gasteiger partial charge in [-0.25, -0.2) is 0 Å². The van der Waals surface area contributed by atoms with Gasteiger partial charge in [0.15, 0.2) is 0 Å². The molecule has 2 nitrogen and oxygen atoms in total. The van der Waals surface area contributed by atoms with Crippen LogP contribution in [0.25, 0.3) is 0 Å². The summed E-state index contributed by atoms with van der Waals surface area (Å²) < 4.78 is 72.8. The third-order valence-electron chi connectivity index (χ3n) is 3.15. The molecule has 0 radical (unpaired) electrons. The molecule has 1 N–H and O–H groups in total. The number of unbranched alkanes of at least 4 members (excludes halogenated alkanes) is 7. The summed E-state index contributed by atoms with van der Waals surface area (Å²) in [5.41, 5.74) is -5.52. The van der Waals surface area contributed by atoms with Crippen molar-refractivity contribution < 1.29 is 31.4 Å². The van der Waals surface area contributed by atoms with Crippen LogP contribution in [-0.2, 0) is 4.57 Å². The number of alkyl halides is 5. The van der Waals surface area contributed by atoms with Gasteiger partial charge in [0.25, 0.3) is 7.37 Å². The molecular formula is C13H22F5O2P. The van der Waals surface area contributed by atoms with Gasteiger partial charge in [-0.1, -0.05) is 38.2 Å². The van der Waals surface area contributed by atoms with Crippen LogP contribution in [0.4, 0.5) is 22.0 Å². The van der Waals surface area contributed by atoms with Gasteiger partial charge in [0.2, 0.25) is 0 Å². The lowest BCUT2D eigenvalue weighted by Gasteiger charge is -2.24. The lowest BCUT2D eigenvalue weighted by Crippen LogP contribution is -2.36. The molecule has 0 aromatic rings. The molecule has 8 heteroatoms. The van der Waals surface area contributed by atoms with Crippen LogP contribution in [0.5, 0.6) is 0 Å². The second kappa shape index (κ2) is 8.89. The van der Waals surface area contributed by atoms with E-state index >= 15 is 0 Å². The lowest BCUT2D eigenvalue weighted by atomic mass is 10.1. The first-order chi connectivity index (χ1) is 9.56. The fraction of sp³-hybridized carbons (Fsp3) is 0.846. The Morgan fingerprint density at radius 3 is 1.76 bits per heavy atom. The zero-order chi connectivity index (χ0) is 16.6. The van der Waals surface area contributed by atoms with E-state index in [2.05, 4.69) is 6.58 Å².